The van der Waals surface area contributed by atoms with E-state index in [2.05, 4.69) is 25.5 Å². The van der Waals surface area contributed by atoms with E-state index in [1.165, 1.54) is 11.8 Å². The van der Waals surface area contributed by atoms with Crippen molar-refractivity contribution in [3.63, 3.8) is 0 Å². The van der Waals surface area contributed by atoms with Gasteiger partial charge in [-0.05, 0) is 18.6 Å². The minimum atomic E-state index is -0.648. The van der Waals surface area contributed by atoms with E-state index in [1.807, 2.05) is 31.2 Å². The van der Waals surface area contributed by atoms with Gasteiger partial charge in [0.2, 0.25) is 16.9 Å². The van der Waals surface area contributed by atoms with Gasteiger partial charge in [-0.1, -0.05) is 53.2 Å². The van der Waals surface area contributed by atoms with Gasteiger partial charge in [-0.25, -0.2) is 9.97 Å². The molecule has 2 aromatic heterocycles. The number of hydrogen-bond donors (Lipinski definition) is 1. The van der Waals surface area contributed by atoms with Crippen LogP contribution in [0, 0.1) is 10.1 Å². The van der Waals surface area contributed by atoms with Gasteiger partial charge in [-0.2, -0.15) is 0 Å². The number of aromatic nitrogens is 5. The highest BCUT2D eigenvalue weighted by molar-refractivity contribution is 7.98. The van der Waals surface area contributed by atoms with Gasteiger partial charge in [0.25, 0.3) is 0 Å². The second-order valence-electron chi connectivity index (χ2n) is 5.17. The Bertz CT molecular complexity index is 983. The van der Waals surface area contributed by atoms with Crippen molar-refractivity contribution in [2.75, 3.05) is 5.32 Å². The molecule has 0 bridgehead atoms. The summed E-state index contributed by atoms with van der Waals surface area (Å²) >= 11 is 13.4. The fraction of sp³-hybridized carbons (Fsp3) is 0.200. The normalized spacial score (nSPS) is 10.8. The first kappa shape index (κ1) is 19.3. The number of nitrogens with zero attached hydrogens (tertiary/aromatic N) is 6. The van der Waals surface area contributed by atoms with Gasteiger partial charge in [0.05, 0.1) is 4.92 Å². The van der Waals surface area contributed by atoms with Crippen molar-refractivity contribution < 1.29 is 4.92 Å². The number of benzene rings is 1. The fourth-order valence-electron chi connectivity index (χ4n) is 2.25. The number of hydrogen-bond acceptors (Lipinski definition) is 8. The van der Waals surface area contributed by atoms with Crippen LogP contribution in [-0.4, -0.2) is 29.7 Å². The lowest BCUT2D eigenvalue weighted by Gasteiger charge is -2.09. The molecule has 0 aliphatic carbocycles. The Morgan fingerprint density at radius 2 is 2.04 bits per heavy atom. The zero-order valence-electron chi connectivity index (χ0n) is 14.0. The average Bonchev–Trinajstić information content (AvgIpc) is 3.02. The van der Waals surface area contributed by atoms with Crippen LogP contribution < -0.4 is 5.32 Å². The zero-order valence-corrected chi connectivity index (χ0v) is 16.3. The first-order valence-corrected chi connectivity index (χ1v) is 9.46. The standard InChI is InChI=1S/C15H13Cl2N7O2S/c1-2-23-14(20-13-11(24(25)26)12(17)18-8-19-13)21-22-15(23)27-7-9-5-3-4-6-10(9)16/h3-6,8H,2,7H2,1H3,(H,18,19,20,21). The molecule has 2 heterocycles. The van der Waals surface area contributed by atoms with Crippen LogP contribution in [0.2, 0.25) is 10.2 Å². The van der Waals surface area contributed by atoms with Crippen molar-refractivity contribution in [2.45, 2.75) is 24.4 Å². The molecule has 0 spiro atoms. The Balaban J connectivity index is 1.84. The summed E-state index contributed by atoms with van der Waals surface area (Å²) in [5.41, 5.74) is 0.553. The number of rotatable bonds is 7. The molecule has 12 heteroatoms. The highest BCUT2D eigenvalue weighted by Crippen LogP contribution is 2.32. The molecule has 3 rings (SSSR count). The summed E-state index contributed by atoms with van der Waals surface area (Å²) in [5, 5.41) is 23.3. The second kappa shape index (κ2) is 8.51. The van der Waals surface area contributed by atoms with Crippen LogP contribution in [0.25, 0.3) is 0 Å². The highest BCUT2D eigenvalue weighted by atomic mass is 35.5. The maximum atomic E-state index is 11.2. The summed E-state index contributed by atoms with van der Waals surface area (Å²) in [4.78, 5) is 18.1. The molecule has 0 amide bonds. The van der Waals surface area contributed by atoms with Gasteiger partial charge in [-0.3, -0.25) is 14.7 Å². The van der Waals surface area contributed by atoms with Crippen LogP contribution in [0.15, 0.2) is 35.7 Å². The first-order chi connectivity index (χ1) is 13.0. The quantitative estimate of drug-likeness (QED) is 0.257. The molecule has 0 radical (unpaired) electrons. The summed E-state index contributed by atoms with van der Waals surface area (Å²) in [5.74, 6) is 0.874. The highest BCUT2D eigenvalue weighted by Gasteiger charge is 2.23. The molecular weight excluding hydrogens is 413 g/mol. The third kappa shape index (κ3) is 4.29. The van der Waals surface area contributed by atoms with Crippen molar-refractivity contribution in [1.82, 2.24) is 24.7 Å². The maximum absolute atomic E-state index is 11.2. The summed E-state index contributed by atoms with van der Waals surface area (Å²) in [7, 11) is 0. The number of nitrogens with one attached hydrogen (secondary N) is 1. The molecule has 0 saturated heterocycles. The van der Waals surface area contributed by atoms with Crippen LogP contribution in [0.5, 0.6) is 0 Å². The van der Waals surface area contributed by atoms with E-state index < -0.39 is 10.6 Å². The van der Waals surface area contributed by atoms with Crippen LogP contribution in [0.1, 0.15) is 12.5 Å². The van der Waals surface area contributed by atoms with Crippen molar-refractivity contribution in [3.05, 3.63) is 56.4 Å². The average molecular weight is 426 g/mol. The van der Waals surface area contributed by atoms with Crippen LogP contribution in [-0.2, 0) is 12.3 Å². The molecule has 1 aromatic carbocycles. The van der Waals surface area contributed by atoms with Crippen molar-refractivity contribution >= 4 is 52.4 Å². The molecule has 1 N–H and O–H groups in total. The SMILES string of the molecule is CCn1c(Nc2ncnc(Cl)c2[N+](=O)[O-])nnc1SCc1ccccc1Cl. The lowest BCUT2D eigenvalue weighted by Crippen LogP contribution is -2.07. The summed E-state index contributed by atoms with van der Waals surface area (Å²) in [6.07, 6.45) is 1.14. The minimum Gasteiger partial charge on any atom is -0.303 e. The van der Waals surface area contributed by atoms with E-state index in [0.29, 0.717) is 28.4 Å². The molecule has 0 unspecified atom stereocenters. The fourth-order valence-corrected chi connectivity index (χ4v) is 3.74. The summed E-state index contributed by atoms with van der Waals surface area (Å²) in [6.45, 7) is 2.46. The summed E-state index contributed by atoms with van der Waals surface area (Å²) in [6, 6.07) is 7.55. The second-order valence-corrected chi connectivity index (χ2v) is 6.88. The topological polar surface area (TPSA) is 112 Å². The van der Waals surface area contributed by atoms with Gasteiger partial charge < -0.3 is 5.32 Å². The zero-order chi connectivity index (χ0) is 19.4. The number of nitro groups is 1. The molecule has 0 aliphatic rings. The lowest BCUT2D eigenvalue weighted by atomic mass is 10.2. The van der Waals surface area contributed by atoms with Crippen LogP contribution in [0.4, 0.5) is 17.5 Å². The molecule has 3 aromatic rings. The third-order valence-electron chi connectivity index (χ3n) is 3.54. The molecule has 0 saturated carbocycles. The van der Waals surface area contributed by atoms with E-state index in [0.717, 1.165) is 11.9 Å². The molecule has 9 nitrogen and oxygen atoms in total. The molecule has 0 atom stereocenters. The molecule has 0 aliphatic heterocycles. The van der Waals surface area contributed by atoms with Gasteiger partial charge in [0.1, 0.15) is 6.33 Å². The van der Waals surface area contributed by atoms with Crippen LogP contribution >= 0.6 is 35.0 Å². The van der Waals surface area contributed by atoms with E-state index in [4.69, 9.17) is 23.2 Å². The molecule has 0 fully saturated rings. The smallest absolute Gasteiger partial charge is 0.303 e. The van der Waals surface area contributed by atoms with Gasteiger partial charge in [0, 0.05) is 17.3 Å². The molecule has 27 heavy (non-hydrogen) atoms. The van der Waals surface area contributed by atoms with E-state index in [1.54, 1.807) is 4.57 Å². The maximum Gasteiger partial charge on any atom is 0.348 e. The van der Waals surface area contributed by atoms with Gasteiger partial charge >= 0.3 is 5.69 Å². The third-order valence-corrected chi connectivity index (χ3v) is 5.20. The largest absolute Gasteiger partial charge is 0.348 e. The van der Waals surface area contributed by atoms with E-state index in [9.17, 15) is 10.1 Å². The number of thioether (sulfide) groups is 1. The minimum absolute atomic E-state index is 0.0512. The van der Waals surface area contributed by atoms with Crippen molar-refractivity contribution in [2.24, 2.45) is 0 Å². The van der Waals surface area contributed by atoms with Crippen molar-refractivity contribution in [1.29, 1.82) is 0 Å². The first-order valence-electron chi connectivity index (χ1n) is 7.72. The van der Waals surface area contributed by atoms with Crippen LogP contribution in [0.3, 0.4) is 0 Å². The Morgan fingerprint density at radius 1 is 1.26 bits per heavy atom. The monoisotopic (exact) mass is 425 g/mol. The Labute approximate surface area is 168 Å². The van der Waals surface area contributed by atoms with Gasteiger partial charge in [-0.15, -0.1) is 10.2 Å². The van der Waals surface area contributed by atoms with Gasteiger partial charge in [0.15, 0.2) is 5.16 Å². The van der Waals surface area contributed by atoms with E-state index >= 15 is 0 Å². The van der Waals surface area contributed by atoms with E-state index in [-0.39, 0.29) is 11.0 Å². The van der Waals surface area contributed by atoms with Crippen molar-refractivity contribution in [3.8, 4) is 0 Å². The molecule has 140 valence electrons. The Kier molecular flexibility index (Phi) is 6.09. The Hall–Kier alpha value is -2.43. The Morgan fingerprint density at radius 3 is 2.74 bits per heavy atom. The predicted octanol–water partition coefficient (Wildman–Crippen LogP) is 4.34. The lowest BCUT2D eigenvalue weighted by molar-refractivity contribution is -0.384. The predicted molar refractivity (Wildman–Crippen MR) is 104 cm³/mol. The number of anilines is 2. The molecular formula is C15H13Cl2N7O2S. The summed E-state index contributed by atoms with van der Waals surface area (Å²) < 4.78 is 1.78. The number of halogens is 2.